The first-order valence-corrected chi connectivity index (χ1v) is 11.9. The normalized spacial score (nSPS) is 21.3. The molecular formula is C21H25FN4O6S. The molecule has 3 heterocycles. The number of ether oxygens (including phenoxy) is 2. The number of sulfonamides is 1. The van der Waals surface area contributed by atoms with Crippen LogP contribution in [-0.2, 0) is 21.8 Å². The Morgan fingerprint density at radius 3 is 2.79 bits per heavy atom. The summed E-state index contributed by atoms with van der Waals surface area (Å²) in [5.41, 5.74) is 0.731. The highest BCUT2D eigenvalue weighted by Gasteiger charge is 2.42. The summed E-state index contributed by atoms with van der Waals surface area (Å²) in [7, 11) is -2.50. The zero-order valence-corrected chi connectivity index (χ0v) is 19.2. The molecule has 2 aromatic rings. The van der Waals surface area contributed by atoms with Crippen molar-refractivity contribution in [3.8, 4) is 5.75 Å². The van der Waals surface area contributed by atoms with E-state index in [1.165, 1.54) is 40.9 Å². The first kappa shape index (κ1) is 23.1. The minimum absolute atomic E-state index is 0.0102. The summed E-state index contributed by atoms with van der Waals surface area (Å²) in [5, 5.41) is 2.66. The van der Waals surface area contributed by atoms with Crippen molar-refractivity contribution in [3.05, 3.63) is 41.5 Å². The highest BCUT2D eigenvalue weighted by molar-refractivity contribution is 7.89. The number of benzene rings is 1. The van der Waals surface area contributed by atoms with Crippen LogP contribution < -0.4 is 14.8 Å². The maximum atomic E-state index is 13.6. The quantitative estimate of drug-likeness (QED) is 0.692. The Labute approximate surface area is 190 Å². The van der Waals surface area contributed by atoms with E-state index in [2.05, 4.69) is 10.0 Å². The lowest BCUT2D eigenvalue weighted by molar-refractivity contribution is 0.101. The Hall–Kier alpha value is -3.12. The SMILES string of the molecule is CCOC(=O)N1C[C@H]2COc3c(cn(C)c3C(=O)Nc3ccc(F)c(C)c3)S(=O)(=O)N[C@H]2C1. The molecule has 2 N–H and O–H groups in total. The van der Waals surface area contributed by atoms with Gasteiger partial charge in [-0.15, -0.1) is 0 Å². The Morgan fingerprint density at radius 1 is 1.33 bits per heavy atom. The second-order valence-electron chi connectivity index (χ2n) is 8.10. The van der Waals surface area contributed by atoms with Gasteiger partial charge in [0.25, 0.3) is 5.91 Å². The molecule has 2 atom stereocenters. The van der Waals surface area contributed by atoms with Crippen LogP contribution >= 0.6 is 0 Å². The van der Waals surface area contributed by atoms with Crippen molar-refractivity contribution in [1.29, 1.82) is 0 Å². The number of hydrogen-bond acceptors (Lipinski definition) is 6. The Kier molecular flexibility index (Phi) is 6.06. The van der Waals surface area contributed by atoms with Gasteiger partial charge in [0.15, 0.2) is 11.4 Å². The molecule has 1 aromatic heterocycles. The highest BCUT2D eigenvalue weighted by Crippen LogP contribution is 2.34. The zero-order valence-electron chi connectivity index (χ0n) is 18.4. The van der Waals surface area contributed by atoms with Crippen molar-refractivity contribution in [1.82, 2.24) is 14.2 Å². The number of amides is 2. The number of nitrogens with zero attached hydrogens (tertiary/aromatic N) is 2. The van der Waals surface area contributed by atoms with E-state index < -0.39 is 33.9 Å². The molecule has 2 amide bonds. The minimum Gasteiger partial charge on any atom is -0.489 e. The lowest BCUT2D eigenvalue weighted by atomic mass is 10.1. The molecule has 33 heavy (non-hydrogen) atoms. The number of nitrogens with one attached hydrogen (secondary N) is 2. The van der Waals surface area contributed by atoms with E-state index in [0.29, 0.717) is 11.3 Å². The molecule has 10 nitrogen and oxygen atoms in total. The van der Waals surface area contributed by atoms with Gasteiger partial charge < -0.3 is 24.3 Å². The van der Waals surface area contributed by atoms with Gasteiger partial charge in [-0.2, -0.15) is 0 Å². The molecule has 0 aliphatic carbocycles. The molecule has 0 radical (unpaired) electrons. The number of aromatic nitrogens is 1. The van der Waals surface area contributed by atoms with Crippen LogP contribution in [0.25, 0.3) is 0 Å². The second-order valence-corrected chi connectivity index (χ2v) is 9.79. The molecule has 2 aliphatic heterocycles. The van der Waals surface area contributed by atoms with E-state index in [1.54, 1.807) is 13.8 Å². The number of likely N-dealkylation sites (tertiary alicyclic amines) is 1. The van der Waals surface area contributed by atoms with Crippen LogP contribution in [0.4, 0.5) is 14.9 Å². The topological polar surface area (TPSA) is 119 Å². The van der Waals surface area contributed by atoms with Crippen LogP contribution in [0.15, 0.2) is 29.3 Å². The number of hydrogen-bond donors (Lipinski definition) is 2. The molecule has 2 aliphatic rings. The van der Waals surface area contributed by atoms with Gasteiger partial charge in [0.1, 0.15) is 10.7 Å². The average molecular weight is 481 g/mol. The molecule has 1 aromatic carbocycles. The van der Waals surface area contributed by atoms with Crippen LogP contribution in [-0.4, -0.2) is 62.2 Å². The average Bonchev–Trinajstić information content (AvgIpc) is 3.29. The Morgan fingerprint density at radius 2 is 2.09 bits per heavy atom. The standard InChI is InChI=1S/C21H25FN4O6S/c1-4-31-21(28)26-8-13-11-32-19-17(33(29,30)24-16(13)9-26)10-25(3)18(19)20(27)23-14-5-6-15(22)12(2)7-14/h5-7,10,13,16,24H,4,8-9,11H2,1-3H3,(H,23,27)/t13-,16-/m0/s1. The van der Waals surface area contributed by atoms with E-state index >= 15 is 0 Å². The third-order valence-corrected chi connectivity index (χ3v) is 7.22. The predicted molar refractivity (Wildman–Crippen MR) is 116 cm³/mol. The fraction of sp³-hybridized carbons (Fsp3) is 0.429. The van der Waals surface area contributed by atoms with E-state index in [1.807, 2.05) is 0 Å². The van der Waals surface area contributed by atoms with Crippen LogP contribution in [0.1, 0.15) is 23.0 Å². The molecule has 12 heteroatoms. The largest absolute Gasteiger partial charge is 0.489 e. The lowest BCUT2D eigenvalue weighted by Gasteiger charge is -2.23. The van der Waals surface area contributed by atoms with Gasteiger partial charge in [-0.3, -0.25) is 4.79 Å². The fourth-order valence-corrected chi connectivity index (χ4v) is 5.56. The number of carbonyl (C=O) groups is 2. The smallest absolute Gasteiger partial charge is 0.409 e. The fourth-order valence-electron chi connectivity index (χ4n) is 4.07. The third-order valence-electron chi connectivity index (χ3n) is 5.74. The number of carbonyl (C=O) groups excluding carboxylic acids is 2. The van der Waals surface area contributed by atoms with E-state index in [9.17, 15) is 22.4 Å². The van der Waals surface area contributed by atoms with Gasteiger partial charge in [-0.25, -0.2) is 22.3 Å². The molecular weight excluding hydrogens is 455 g/mol. The summed E-state index contributed by atoms with van der Waals surface area (Å²) >= 11 is 0. The lowest BCUT2D eigenvalue weighted by Crippen LogP contribution is -2.43. The summed E-state index contributed by atoms with van der Waals surface area (Å²) in [4.78, 5) is 26.4. The summed E-state index contributed by atoms with van der Waals surface area (Å²) in [6.45, 7) is 3.98. The molecule has 0 spiro atoms. The zero-order chi connectivity index (χ0) is 23.9. The Balaban J connectivity index is 1.62. The molecule has 0 unspecified atom stereocenters. The maximum absolute atomic E-state index is 13.6. The van der Waals surface area contributed by atoms with Crippen molar-refractivity contribution in [2.75, 3.05) is 31.6 Å². The molecule has 1 fully saturated rings. The van der Waals surface area contributed by atoms with E-state index in [0.717, 1.165) is 0 Å². The van der Waals surface area contributed by atoms with E-state index in [4.69, 9.17) is 9.47 Å². The number of aryl methyl sites for hydroxylation is 2. The van der Waals surface area contributed by atoms with Gasteiger partial charge in [0.2, 0.25) is 10.0 Å². The van der Waals surface area contributed by atoms with Crippen LogP contribution in [0.3, 0.4) is 0 Å². The molecule has 0 saturated carbocycles. The van der Waals surface area contributed by atoms with Crippen molar-refractivity contribution in [2.45, 2.75) is 24.8 Å². The van der Waals surface area contributed by atoms with Gasteiger partial charge >= 0.3 is 6.09 Å². The van der Waals surface area contributed by atoms with E-state index in [-0.39, 0.29) is 48.6 Å². The highest BCUT2D eigenvalue weighted by atomic mass is 32.2. The maximum Gasteiger partial charge on any atom is 0.409 e. The third kappa shape index (κ3) is 4.40. The van der Waals surface area contributed by atoms with Crippen molar-refractivity contribution in [3.63, 3.8) is 0 Å². The van der Waals surface area contributed by atoms with Crippen LogP contribution in [0.2, 0.25) is 0 Å². The van der Waals surface area contributed by atoms with Gasteiger partial charge in [0, 0.05) is 44.0 Å². The van der Waals surface area contributed by atoms with Crippen molar-refractivity contribution in [2.24, 2.45) is 13.0 Å². The molecule has 0 bridgehead atoms. The monoisotopic (exact) mass is 480 g/mol. The summed E-state index contributed by atoms with van der Waals surface area (Å²) < 4.78 is 54.7. The molecule has 178 valence electrons. The molecule has 4 rings (SSSR count). The molecule has 1 saturated heterocycles. The Bertz CT molecular complexity index is 1210. The van der Waals surface area contributed by atoms with Gasteiger partial charge in [-0.05, 0) is 37.6 Å². The van der Waals surface area contributed by atoms with Crippen LogP contribution in [0.5, 0.6) is 5.75 Å². The minimum atomic E-state index is -4.04. The first-order chi connectivity index (χ1) is 15.6. The predicted octanol–water partition coefficient (Wildman–Crippen LogP) is 1.85. The van der Waals surface area contributed by atoms with Gasteiger partial charge in [0.05, 0.1) is 13.2 Å². The van der Waals surface area contributed by atoms with Crippen molar-refractivity contribution >= 4 is 27.7 Å². The summed E-state index contributed by atoms with van der Waals surface area (Å²) in [6.07, 6.45) is 0.789. The number of anilines is 1. The number of fused-ring (bicyclic) bond motifs is 2. The van der Waals surface area contributed by atoms with Crippen molar-refractivity contribution < 1.29 is 31.9 Å². The van der Waals surface area contributed by atoms with Crippen LogP contribution in [0, 0.1) is 18.7 Å². The van der Waals surface area contributed by atoms with Gasteiger partial charge in [-0.1, -0.05) is 0 Å². The first-order valence-electron chi connectivity index (χ1n) is 10.4. The summed E-state index contributed by atoms with van der Waals surface area (Å²) in [6, 6.07) is 3.58. The number of rotatable bonds is 3. The summed E-state index contributed by atoms with van der Waals surface area (Å²) in [5.74, 6) is -1.40. The number of halogens is 1. The second kappa shape index (κ2) is 8.67.